The molecule has 0 bridgehead atoms. The first-order chi connectivity index (χ1) is 12.4. The summed E-state index contributed by atoms with van der Waals surface area (Å²) in [5.74, 6) is -1.22. The van der Waals surface area contributed by atoms with Crippen molar-refractivity contribution in [2.24, 2.45) is 0 Å². The number of fused-ring (bicyclic) bond motifs is 1. The van der Waals surface area contributed by atoms with Gasteiger partial charge in [0, 0.05) is 18.0 Å². The van der Waals surface area contributed by atoms with Gasteiger partial charge in [0.05, 0.1) is 17.1 Å². The van der Waals surface area contributed by atoms with Gasteiger partial charge in [-0.05, 0) is 18.9 Å². The molecule has 0 saturated carbocycles. The van der Waals surface area contributed by atoms with Crippen LogP contribution in [-0.2, 0) is 24.2 Å². The number of esters is 1. The number of hydrogen-bond acceptors (Lipinski definition) is 6. The van der Waals surface area contributed by atoms with E-state index >= 15 is 0 Å². The van der Waals surface area contributed by atoms with E-state index in [-0.39, 0.29) is 23.8 Å². The Hall–Kier alpha value is -2.42. The second-order valence-corrected chi connectivity index (χ2v) is 9.04. The first-order valence-electron chi connectivity index (χ1n) is 8.47. The maximum Gasteiger partial charge on any atom is 0.340 e. The Morgan fingerprint density at radius 2 is 1.96 bits per heavy atom. The third-order valence-electron chi connectivity index (χ3n) is 5.05. The van der Waals surface area contributed by atoms with E-state index in [0.29, 0.717) is 24.0 Å². The molecule has 2 saturated heterocycles. The van der Waals surface area contributed by atoms with E-state index in [9.17, 15) is 22.8 Å². The van der Waals surface area contributed by atoms with Gasteiger partial charge in [-0.1, -0.05) is 18.2 Å². The lowest BCUT2D eigenvalue weighted by Gasteiger charge is -2.29. The lowest BCUT2D eigenvalue weighted by molar-refractivity contribution is -0.145. The molecule has 0 spiro atoms. The summed E-state index contributed by atoms with van der Waals surface area (Å²) in [7, 11) is -3.12. The Bertz CT molecular complexity index is 896. The number of amides is 2. The van der Waals surface area contributed by atoms with Crippen LogP contribution in [-0.4, -0.2) is 54.7 Å². The van der Waals surface area contributed by atoms with Crippen molar-refractivity contribution < 1.29 is 27.5 Å². The SMILES string of the molecule is O=C1O[C@@H](N2C(=O)CC[C@H]2C(=O)N[C@@H]2CCS(=O)(=O)C2)c2ccccc21. The topological polar surface area (TPSA) is 110 Å². The molecular formula is C17H18N2O6S. The van der Waals surface area contributed by atoms with Gasteiger partial charge in [-0.15, -0.1) is 0 Å². The van der Waals surface area contributed by atoms with Crippen molar-refractivity contribution in [3.63, 3.8) is 0 Å². The number of nitrogens with zero attached hydrogens (tertiary/aromatic N) is 1. The number of benzene rings is 1. The average Bonchev–Trinajstić information content (AvgIpc) is 3.24. The van der Waals surface area contributed by atoms with Gasteiger partial charge in [-0.25, -0.2) is 13.2 Å². The van der Waals surface area contributed by atoms with Crippen molar-refractivity contribution in [1.29, 1.82) is 0 Å². The fourth-order valence-corrected chi connectivity index (χ4v) is 5.47. The van der Waals surface area contributed by atoms with Crippen molar-refractivity contribution >= 4 is 27.6 Å². The number of likely N-dealkylation sites (tertiary alicyclic amines) is 1. The zero-order valence-electron chi connectivity index (χ0n) is 13.9. The van der Waals surface area contributed by atoms with Crippen LogP contribution in [0.3, 0.4) is 0 Å². The van der Waals surface area contributed by atoms with E-state index in [1.165, 1.54) is 4.90 Å². The van der Waals surface area contributed by atoms with Gasteiger partial charge in [0.1, 0.15) is 6.04 Å². The van der Waals surface area contributed by atoms with Crippen LogP contribution in [0.4, 0.5) is 0 Å². The monoisotopic (exact) mass is 378 g/mol. The van der Waals surface area contributed by atoms with E-state index in [0.717, 1.165) is 0 Å². The predicted molar refractivity (Wildman–Crippen MR) is 89.7 cm³/mol. The fraction of sp³-hybridized carbons (Fsp3) is 0.471. The van der Waals surface area contributed by atoms with Crippen LogP contribution >= 0.6 is 0 Å². The number of rotatable bonds is 3. The summed E-state index contributed by atoms with van der Waals surface area (Å²) in [4.78, 5) is 38.4. The molecule has 1 aromatic carbocycles. The molecule has 1 aromatic rings. The quantitative estimate of drug-likeness (QED) is 0.750. The van der Waals surface area contributed by atoms with E-state index in [1.807, 2.05) is 0 Å². The zero-order valence-corrected chi connectivity index (χ0v) is 14.7. The molecule has 0 radical (unpaired) electrons. The summed E-state index contributed by atoms with van der Waals surface area (Å²) in [6, 6.07) is 5.55. The standard InChI is InChI=1S/C17H18N2O6S/c20-14-6-5-13(15(21)18-10-7-8-26(23,24)9-10)19(14)16-11-3-1-2-4-12(11)17(22)25-16/h1-4,10,13,16H,5-9H2,(H,18,21)/t10-,13+,16-/m1/s1. The van der Waals surface area contributed by atoms with E-state index in [4.69, 9.17) is 4.74 Å². The van der Waals surface area contributed by atoms with E-state index in [2.05, 4.69) is 5.32 Å². The molecule has 8 nitrogen and oxygen atoms in total. The molecule has 2 amide bonds. The molecule has 0 unspecified atom stereocenters. The Morgan fingerprint density at radius 1 is 1.19 bits per heavy atom. The highest BCUT2D eigenvalue weighted by Gasteiger charge is 2.46. The summed E-state index contributed by atoms with van der Waals surface area (Å²) in [6.45, 7) is 0. The van der Waals surface area contributed by atoms with Crippen LogP contribution in [0.2, 0.25) is 0 Å². The van der Waals surface area contributed by atoms with E-state index in [1.54, 1.807) is 24.3 Å². The van der Waals surface area contributed by atoms with Gasteiger partial charge in [-0.2, -0.15) is 0 Å². The number of cyclic esters (lactones) is 1. The lowest BCUT2D eigenvalue weighted by Crippen LogP contribution is -2.49. The minimum absolute atomic E-state index is 0.0544. The van der Waals surface area contributed by atoms with Crippen LogP contribution in [0.5, 0.6) is 0 Å². The van der Waals surface area contributed by atoms with E-state index < -0.39 is 40.0 Å². The van der Waals surface area contributed by atoms with Crippen molar-refractivity contribution in [3.05, 3.63) is 35.4 Å². The second-order valence-electron chi connectivity index (χ2n) is 6.81. The molecule has 9 heteroatoms. The normalized spacial score (nSPS) is 29.5. The molecule has 4 rings (SSSR count). The number of ether oxygens (including phenoxy) is 1. The highest BCUT2D eigenvalue weighted by molar-refractivity contribution is 7.91. The van der Waals surface area contributed by atoms with Gasteiger partial charge in [0.25, 0.3) is 0 Å². The largest absolute Gasteiger partial charge is 0.433 e. The number of hydrogen-bond donors (Lipinski definition) is 1. The van der Waals surface area contributed by atoms with Gasteiger partial charge >= 0.3 is 5.97 Å². The summed E-state index contributed by atoms with van der Waals surface area (Å²) < 4.78 is 28.5. The minimum Gasteiger partial charge on any atom is -0.433 e. The first-order valence-corrected chi connectivity index (χ1v) is 10.3. The Kier molecular flexibility index (Phi) is 3.98. The minimum atomic E-state index is -3.12. The lowest BCUT2D eigenvalue weighted by atomic mass is 10.1. The third-order valence-corrected chi connectivity index (χ3v) is 6.82. The molecule has 0 aliphatic carbocycles. The van der Waals surface area contributed by atoms with Crippen LogP contribution < -0.4 is 5.32 Å². The molecule has 0 aromatic heterocycles. The zero-order chi connectivity index (χ0) is 18.5. The maximum atomic E-state index is 12.7. The highest BCUT2D eigenvalue weighted by atomic mass is 32.2. The van der Waals surface area contributed by atoms with Crippen molar-refractivity contribution in [1.82, 2.24) is 10.2 Å². The Labute approximate surface area is 150 Å². The van der Waals surface area contributed by atoms with Crippen LogP contribution in [0.15, 0.2) is 24.3 Å². The van der Waals surface area contributed by atoms with Gasteiger partial charge in [0.15, 0.2) is 9.84 Å². The van der Waals surface area contributed by atoms with Gasteiger partial charge in [-0.3, -0.25) is 14.5 Å². The van der Waals surface area contributed by atoms with Crippen molar-refractivity contribution in [2.45, 2.75) is 37.6 Å². The predicted octanol–water partition coefficient (Wildman–Crippen LogP) is 0.150. The second kappa shape index (κ2) is 6.08. The summed E-state index contributed by atoms with van der Waals surface area (Å²) in [6.07, 6.45) is -0.0649. The first kappa shape index (κ1) is 17.0. The molecule has 1 N–H and O–H groups in total. The van der Waals surface area contributed by atoms with Gasteiger partial charge in [0.2, 0.25) is 18.0 Å². The molecule has 2 fully saturated rings. The number of carbonyl (C=O) groups excluding carboxylic acids is 3. The fourth-order valence-electron chi connectivity index (χ4n) is 3.79. The molecule has 26 heavy (non-hydrogen) atoms. The highest BCUT2D eigenvalue weighted by Crippen LogP contribution is 2.38. The molecule has 138 valence electrons. The Balaban J connectivity index is 1.55. The molecule has 3 heterocycles. The molecule has 3 aliphatic rings. The van der Waals surface area contributed by atoms with Crippen LogP contribution in [0.1, 0.15) is 41.4 Å². The Morgan fingerprint density at radius 3 is 2.69 bits per heavy atom. The van der Waals surface area contributed by atoms with Crippen LogP contribution in [0, 0.1) is 0 Å². The average molecular weight is 378 g/mol. The van der Waals surface area contributed by atoms with Gasteiger partial charge < -0.3 is 10.1 Å². The van der Waals surface area contributed by atoms with Crippen LogP contribution in [0.25, 0.3) is 0 Å². The third kappa shape index (κ3) is 2.86. The maximum absolute atomic E-state index is 12.7. The molecule has 3 atom stereocenters. The smallest absolute Gasteiger partial charge is 0.340 e. The molecule has 3 aliphatic heterocycles. The van der Waals surface area contributed by atoms with Crippen molar-refractivity contribution in [3.8, 4) is 0 Å². The number of sulfone groups is 1. The number of carbonyl (C=O) groups is 3. The summed E-state index contributed by atoms with van der Waals surface area (Å²) in [5.41, 5.74) is 0.951. The van der Waals surface area contributed by atoms with Crippen molar-refractivity contribution in [2.75, 3.05) is 11.5 Å². The molecular weight excluding hydrogens is 360 g/mol. The summed E-state index contributed by atoms with van der Waals surface area (Å²) >= 11 is 0. The number of nitrogens with one attached hydrogen (secondary N) is 1. The summed E-state index contributed by atoms with van der Waals surface area (Å²) in [5, 5.41) is 2.73.